The Kier molecular flexibility index (Phi) is 4.21. The molecule has 0 unspecified atom stereocenters. The van der Waals surface area contributed by atoms with Crippen LogP contribution in [0.25, 0.3) is 0 Å². The summed E-state index contributed by atoms with van der Waals surface area (Å²) in [4.78, 5) is 35.9. The number of nitro groups is 1. The number of carbonyl (C=O) groups excluding carboxylic acids is 2. The number of hydrogen-bond donors (Lipinski definition) is 0. The molecular weight excluding hydrogens is 324 g/mol. The number of esters is 1. The van der Waals surface area contributed by atoms with E-state index in [0.717, 1.165) is 12.8 Å². The van der Waals surface area contributed by atoms with Gasteiger partial charge in [-0.15, -0.1) is 0 Å². The lowest BCUT2D eigenvalue weighted by molar-refractivity contribution is -0.384. The highest BCUT2D eigenvalue weighted by Crippen LogP contribution is 2.33. The number of ether oxygens (including phenoxy) is 1. The maximum atomic E-state index is 12.1. The number of likely N-dealkylation sites (tertiary alicyclic amines) is 1. The molecule has 1 heterocycles. The predicted molar refractivity (Wildman–Crippen MR) is 80.7 cm³/mol. The minimum absolute atomic E-state index is 0.00317. The first-order valence-electron chi connectivity index (χ1n) is 7.34. The Hall–Kier alpha value is -2.15. The van der Waals surface area contributed by atoms with Crippen molar-refractivity contribution in [3.8, 4) is 0 Å². The Morgan fingerprint density at radius 1 is 1.43 bits per heavy atom. The van der Waals surface area contributed by atoms with Crippen LogP contribution in [-0.4, -0.2) is 34.3 Å². The van der Waals surface area contributed by atoms with E-state index in [9.17, 15) is 19.7 Å². The summed E-state index contributed by atoms with van der Waals surface area (Å²) in [5, 5.41) is 10.9. The van der Waals surface area contributed by atoms with Gasteiger partial charge in [-0.3, -0.25) is 19.7 Å². The van der Waals surface area contributed by atoms with Crippen LogP contribution in [-0.2, 0) is 20.9 Å². The predicted octanol–water partition coefficient (Wildman–Crippen LogP) is 2.30. The first-order valence-corrected chi connectivity index (χ1v) is 7.72. The summed E-state index contributed by atoms with van der Waals surface area (Å²) < 4.78 is 5.20. The third-order valence-electron chi connectivity index (χ3n) is 4.07. The highest BCUT2D eigenvalue weighted by Gasteiger charge is 2.42. The summed E-state index contributed by atoms with van der Waals surface area (Å²) in [7, 11) is 0. The molecule has 1 saturated heterocycles. The number of amides is 1. The molecule has 1 aromatic carbocycles. The van der Waals surface area contributed by atoms with Crippen molar-refractivity contribution in [2.24, 2.45) is 5.92 Å². The molecule has 1 amide bonds. The van der Waals surface area contributed by atoms with Gasteiger partial charge in [0.1, 0.15) is 11.6 Å². The number of halogens is 1. The van der Waals surface area contributed by atoms with Gasteiger partial charge in [0.05, 0.1) is 10.8 Å². The standard InChI is InChI=1S/C15H15ClN2O5/c16-12-4-1-9(5-13(12)18(21)22)8-23-15(20)10-6-14(19)17(7-10)11-2-3-11/h1,4-5,10-11H,2-3,6-8H2/t10-/m0/s1. The fourth-order valence-corrected chi connectivity index (χ4v) is 2.88. The Labute approximate surface area is 137 Å². The van der Waals surface area contributed by atoms with E-state index in [2.05, 4.69) is 0 Å². The van der Waals surface area contributed by atoms with Crippen molar-refractivity contribution in [3.05, 3.63) is 38.9 Å². The Bertz CT molecular complexity index is 674. The minimum atomic E-state index is -0.587. The summed E-state index contributed by atoms with van der Waals surface area (Å²) in [6.07, 6.45) is 2.18. The second kappa shape index (κ2) is 6.16. The molecule has 0 N–H and O–H groups in total. The first-order chi connectivity index (χ1) is 11.0. The number of nitrogens with zero attached hydrogens (tertiary/aromatic N) is 2. The van der Waals surface area contributed by atoms with E-state index in [4.69, 9.17) is 16.3 Å². The summed E-state index contributed by atoms with van der Waals surface area (Å²) in [5.41, 5.74) is 0.258. The van der Waals surface area contributed by atoms with Crippen molar-refractivity contribution in [1.82, 2.24) is 4.90 Å². The van der Waals surface area contributed by atoms with Gasteiger partial charge < -0.3 is 9.64 Å². The Morgan fingerprint density at radius 3 is 2.83 bits per heavy atom. The van der Waals surface area contributed by atoms with Gasteiger partial charge in [-0.1, -0.05) is 17.7 Å². The molecule has 1 aromatic rings. The number of rotatable bonds is 5. The van der Waals surface area contributed by atoms with Crippen molar-refractivity contribution in [3.63, 3.8) is 0 Å². The molecule has 122 valence electrons. The van der Waals surface area contributed by atoms with Crippen molar-refractivity contribution >= 4 is 29.2 Å². The van der Waals surface area contributed by atoms with Crippen molar-refractivity contribution in [1.29, 1.82) is 0 Å². The second-order valence-corrected chi connectivity index (χ2v) is 6.24. The molecule has 2 aliphatic rings. The number of hydrogen-bond acceptors (Lipinski definition) is 5. The van der Waals surface area contributed by atoms with Crippen LogP contribution in [0.3, 0.4) is 0 Å². The maximum Gasteiger partial charge on any atom is 0.311 e. The molecule has 1 saturated carbocycles. The number of benzene rings is 1. The first kappa shape index (κ1) is 15.7. The van der Waals surface area contributed by atoms with Crippen LogP contribution in [0.5, 0.6) is 0 Å². The lowest BCUT2D eigenvalue weighted by Crippen LogP contribution is -2.28. The third kappa shape index (κ3) is 3.44. The fourth-order valence-electron chi connectivity index (χ4n) is 2.69. The fraction of sp³-hybridized carbons (Fsp3) is 0.467. The van der Waals surface area contributed by atoms with Gasteiger partial charge in [-0.25, -0.2) is 0 Å². The van der Waals surface area contributed by atoms with E-state index in [1.165, 1.54) is 12.1 Å². The van der Waals surface area contributed by atoms with Crippen molar-refractivity contribution < 1.29 is 19.2 Å². The zero-order chi connectivity index (χ0) is 16.6. The molecule has 3 rings (SSSR count). The molecule has 0 spiro atoms. The molecule has 0 bridgehead atoms. The van der Waals surface area contributed by atoms with Gasteiger partial charge >= 0.3 is 5.97 Å². The summed E-state index contributed by atoms with van der Waals surface area (Å²) in [6.45, 7) is 0.327. The molecule has 1 atom stereocenters. The molecule has 1 aliphatic heterocycles. The Balaban J connectivity index is 1.58. The molecule has 2 fully saturated rings. The normalized spacial score (nSPS) is 20.7. The molecule has 0 radical (unpaired) electrons. The molecule has 7 nitrogen and oxygen atoms in total. The summed E-state index contributed by atoms with van der Waals surface area (Å²) in [6, 6.07) is 4.54. The van der Waals surface area contributed by atoms with Crippen LogP contribution in [0.15, 0.2) is 18.2 Å². The summed E-state index contributed by atoms with van der Waals surface area (Å²) in [5.74, 6) is -0.902. The quantitative estimate of drug-likeness (QED) is 0.467. The van der Waals surface area contributed by atoms with E-state index < -0.39 is 16.8 Å². The molecular formula is C15H15ClN2O5. The largest absolute Gasteiger partial charge is 0.461 e. The van der Waals surface area contributed by atoms with Gasteiger partial charge in [0, 0.05) is 25.1 Å². The lowest BCUT2D eigenvalue weighted by Gasteiger charge is -2.15. The van der Waals surface area contributed by atoms with Gasteiger partial charge in [0.15, 0.2) is 0 Å². The van der Waals surface area contributed by atoms with Gasteiger partial charge in [-0.2, -0.15) is 0 Å². The van der Waals surface area contributed by atoms with E-state index in [0.29, 0.717) is 18.2 Å². The Morgan fingerprint density at radius 2 is 2.17 bits per heavy atom. The van der Waals surface area contributed by atoms with Gasteiger partial charge in [0.25, 0.3) is 5.69 Å². The van der Waals surface area contributed by atoms with Gasteiger partial charge in [0.2, 0.25) is 5.91 Å². The second-order valence-electron chi connectivity index (χ2n) is 5.83. The topological polar surface area (TPSA) is 89.7 Å². The maximum absolute atomic E-state index is 12.1. The van der Waals surface area contributed by atoms with Gasteiger partial charge in [-0.05, 0) is 24.5 Å². The number of carbonyl (C=O) groups is 2. The van der Waals surface area contributed by atoms with Crippen LogP contribution in [0.4, 0.5) is 5.69 Å². The van der Waals surface area contributed by atoms with Crippen LogP contribution < -0.4 is 0 Å². The average molecular weight is 339 g/mol. The monoisotopic (exact) mass is 338 g/mol. The average Bonchev–Trinajstić information content (AvgIpc) is 3.28. The molecule has 8 heteroatoms. The zero-order valence-corrected chi connectivity index (χ0v) is 13.0. The zero-order valence-electron chi connectivity index (χ0n) is 12.2. The van der Waals surface area contributed by atoms with E-state index in [-0.39, 0.29) is 29.6 Å². The molecule has 0 aromatic heterocycles. The van der Waals surface area contributed by atoms with E-state index in [1.807, 2.05) is 0 Å². The van der Waals surface area contributed by atoms with E-state index >= 15 is 0 Å². The third-order valence-corrected chi connectivity index (χ3v) is 4.39. The van der Waals surface area contributed by atoms with Crippen LogP contribution in [0.1, 0.15) is 24.8 Å². The minimum Gasteiger partial charge on any atom is -0.461 e. The smallest absolute Gasteiger partial charge is 0.311 e. The van der Waals surface area contributed by atoms with Crippen LogP contribution in [0, 0.1) is 16.0 Å². The van der Waals surface area contributed by atoms with Crippen LogP contribution in [0.2, 0.25) is 5.02 Å². The molecule has 1 aliphatic carbocycles. The number of nitro benzene ring substituents is 1. The highest BCUT2D eigenvalue weighted by molar-refractivity contribution is 6.32. The molecule has 23 heavy (non-hydrogen) atoms. The van der Waals surface area contributed by atoms with Crippen LogP contribution >= 0.6 is 11.6 Å². The van der Waals surface area contributed by atoms with E-state index in [1.54, 1.807) is 11.0 Å². The lowest BCUT2D eigenvalue weighted by atomic mass is 10.1. The van der Waals surface area contributed by atoms with Crippen molar-refractivity contribution in [2.75, 3.05) is 6.54 Å². The SMILES string of the molecule is O=C(OCc1ccc(Cl)c([N+](=O)[O-])c1)[C@H]1CC(=O)N(C2CC2)C1. The van der Waals surface area contributed by atoms with Crippen molar-refractivity contribution in [2.45, 2.75) is 31.9 Å². The summed E-state index contributed by atoms with van der Waals surface area (Å²) >= 11 is 5.73. The highest BCUT2D eigenvalue weighted by atomic mass is 35.5.